The van der Waals surface area contributed by atoms with Crippen LogP contribution in [0.5, 0.6) is 17.2 Å². The number of methoxy groups -OCH3 is 3. The Morgan fingerprint density at radius 3 is 2.40 bits per heavy atom. The van der Waals surface area contributed by atoms with Crippen LogP contribution in [0.25, 0.3) is 0 Å². The minimum atomic E-state index is -0.555. The van der Waals surface area contributed by atoms with Crippen LogP contribution in [0.3, 0.4) is 0 Å². The van der Waals surface area contributed by atoms with Crippen molar-refractivity contribution in [3.05, 3.63) is 71.0 Å². The van der Waals surface area contributed by atoms with Crippen LogP contribution in [0.4, 0.5) is 11.4 Å². The van der Waals surface area contributed by atoms with E-state index in [1.807, 2.05) is 12.1 Å². The maximum Gasteiger partial charge on any atom is 0.262 e. The Morgan fingerprint density at radius 1 is 1.00 bits per heavy atom. The molecule has 1 aromatic heterocycles. The first-order valence-corrected chi connectivity index (χ1v) is 9.55. The average molecular weight is 426 g/mol. The van der Waals surface area contributed by atoms with Gasteiger partial charge in [-0.1, -0.05) is 11.6 Å². The highest BCUT2D eigenvalue weighted by Gasteiger charge is 2.39. The van der Waals surface area contributed by atoms with Gasteiger partial charge in [0.25, 0.3) is 5.91 Å². The molecule has 2 heterocycles. The van der Waals surface area contributed by atoms with E-state index in [1.165, 1.54) is 7.11 Å². The summed E-state index contributed by atoms with van der Waals surface area (Å²) in [6.45, 7) is 0. The molecule has 0 bridgehead atoms. The van der Waals surface area contributed by atoms with Crippen LogP contribution in [0, 0.1) is 0 Å². The summed E-state index contributed by atoms with van der Waals surface area (Å²) in [7, 11) is 4.69. The number of aromatic nitrogens is 1. The molecule has 0 fully saturated rings. The van der Waals surface area contributed by atoms with Crippen molar-refractivity contribution < 1.29 is 19.0 Å². The number of fused-ring (bicyclic) bond motifs is 1. The Kier molecular flexibility index (Phi) is 5.37. The number of rotatable bonds is 6. The number of carbonyl (C=O) groups is 1. The lowest BCUT2D eigenvalue weighted by Gasteiger charge is -2.27. The molecule has 0 aliphatic carbocycles. The van der Waals surface area contributed by atoms with Gasteiger partial charge in [-0.2, -0.15) is 0 Å². The summed E-state index contributed by atoms with van der Waals surface area (Å²) in [5.74, 6) is 1.57. The number of amides is 1. The smallest absolute Gasteiger partial charge is 0.262 e. The molecule has 2 aromatic carbocycles. The SMILES string of the molecule is COc1ccc(N2C(=O)c3cccnc3C2Nc2cc(Cl)c(OC)cc2OC)cc1. The van der Waals surface area contributed by atoms with Crippen molar-refractivity contribution in [3.63, 3.8) is 0 Å². The highest BCUT2D eigenvalue weighted by Crippen LogP contribution is 2.41. The van der Waals surface area contributed by atoms with Crippen molar-refractivity contribution in [2.45, 2.75) is 6.17 Å². The van der Waals surface area contributed by atoms with E-state index in [2.05, 4.69) is 10.3 Å². The number of anilines is 2. The molecular formula is C22H20ClN3O4. The van der Waals surface area contributed by atoms with Gasteiger partial charge in [-0.05, 0) is 42.5 Å². The third-order valence-corrected chi connectivity index (χ3v) is 5.22. The number of nitrogens with one attached hydrogen (secondary N) is 1. The summed E-state index contributed by atoms with van der Waals surface area (Å²) in [6, 6.07) is 14.2. The summed E-state index contributed by atoms with van der Waals surface area (Å²) in [4.78, 5) is 19.3. The van der Waals surface area contributed by atoms with Crippen molar-refractivity contribution in [3.8, 4) is 17.2 Å². The molecule has 1 aliphatic rings. The van der Waals surface area contributed by atoms with Gasteiger partial charge in [0, 0.05) is 18.0 Å². The van der Waals surface area contributed by atoms with Crippen molar-refractivity contribution in [1.29, 1.82) is 0 Å². The topological polar surface area (TPSA) is 72.9 Å². The largest absolute Gasteiger partial charge is 0.497 e. The maximum absolute atomic E-state index is 13.2. The van der Waals surface area contributed by atoms with Crippen LogP contribution in [0.2, 0.25) is 5.02 Å². The van der Waals surface area contributed by atoms with Crippen LogP contribution < -0.4 is 24.4 Å². The zero-order chi connectivity index (χ0) is 21.3. The summed E-state index contributed by atoms with van der Waals surface area (Å²) in [5.41, 5.74) is 2.46. The quantitative estimate of drug-likeness (QED) is 0.625. The first kappa shape index (κ1) is 19.8. The monoisotopic (exact) mass is 425 g/mol. The fourth-order valence-electron chi connectivity index (χ4n) is 3.45. The third-order valence-electron chi connectivity index (χ3n) is 4.92. The maximum atomic E-state index is 13.2. The Bertz CT molecular complexity index is 1090. The number of ether oxygens (including phenoxy) is 3. The lowest BCUT2D eigenvalue weighted by molar-refractivity contribution is 0.0993. The van der Waals surface area contributed by atoms with Crippen LogP contribution >= 0.6 is 11.6 Å². The highest BCUT2D eigenvalue weighted by atomic mass is 35.5. The van der Waals surface area contributed by atoms with E-state index in [0.29, 0.717) is 44.9 Å². The summed E-state index contributed by atoms with van der Waals surface area (Å²) >= 11 is 6.33. The van der Waals surface area contributed by atoms with Gasteiger partial charge >= 0.3 is 0 Å². The molecule has 0 radical (unpaired) electrons. The molecule has 1 atom stereocenters. The van der Waals surface area contributed by atoms with E-state index < -0.39 is 6.17 Å². The fourth-order valence-corrected chi connectivity index (χ4v) is 3.69. The molecule has 0 saturated carbocycles. The molecule has 0 spiro atoms. The minimum absolute atomic E-state index is 0.153. The molecule has 1 aliphatic heterocycles. The standard InChI is InChI=1S/C22H20ClN3O4/c1-28-14-8-6-13(7-9-14)26-21(20-15(22(26)27)5-4-10-24-20)25-17-11-16(23)18(29-2)12-19(17)30-3/h4-12,21,25H,1-3H3. The second-order valence-electron chi connectivity index (χ2n) is 6.54. The highest BCUT2D eigenvalue weighted by molar-refractivity contribution is 6.32. The third kappa shape index (κ3) is 3.37. The van der Waals surface area contributed by atoms with Crippen molar-refractivity contribution >= 4 is 28.9 Å². The van der Waals surface area contributed by atoms with E-state index in [1.54, 1.807) is 61.7 Å². The number of hydrogen-bond donors (Lipinski definition) is 1. The fraction of sp³-hybridized carbons (Fsp3) is 0.182. The molecule has 1 amide bonds. The number of hydrogen-bond acceptors (Lipinski definition) is 6. The lowest BCUT2D eigenvalue weighted by Crippen LogP contribution is -2.32. The molecule has 1 N–H and O–H groups in total. The molecule has 1 unspecified atom stereocenters. The van der Waals surface area contributed by atoms with Gasteiger partial charge < -0.3 is 19.5 Å². The second-order valence-corrected chi connectivity index (χ2v) is 6.95. The van der Waals surface area contributed by atoms with E-state index in [9.17, 15) is 4.79 Å². The number of halogens is 1. The molecule has 4 rings (SSSR count). The second kappa shape index (κ2) is 8.12. The van der Waals surface area contributed by atoms with Crippen LogP contribution in [0.15, 0.2) is 54.7 Å². The van der Waals surface area contributed by atoms with Crippen molar-refractivity contribution in [2.75, 3.05) is 31.5 Å². The van der Waals surface area contributed by atoms with Gasteiger partial charge in [-0.3, -0.25) is 14.7 Å². The lowest BCUT2D eigenvalue weighted by atomic mass is 10.2. The molecule has 8 heteroatoms. The van der Waals surface area contributed by atoms with Gasteiger partial charge in [0.15, 0.2) is 6.17 Å². The number of nitrogens with zero attached hydrogens (tertiary/aromatic N) is 2. The minimum Gasteiger partial charge on any atom is -0.497 e. The first-order valence-electron chi connectivity index (χ1n) is 9.18. The van der Waals surface area contributed by atoms with Gasteiger partial charge in [0.05, 0.1) is 43.3 Å². The van der Waals surface area contributed by atoms with E-state index in [0.717, 1.165) is 0 Å². The van der Waals surface area contributed by atoms with E-state index in [4.69, 9.17) is 25.8 Å². The zero-order valence-corrected chi connectivity index (χ0v) is 17.4. The summed E-state index contributed by atoms with van der Waals surface area (Å²) in [6.07, 6.45) is 1.11. The van der Waals surface area contributed by atoms with Crippen molar-refractivity contribution in [1.82, 2.24) is 4.98 Å². The first-order chi connectivity index (χ1) is 14.6. The Labute approximate surface area is 179 Å². The van der Waals surface area contributed by atoms with Gasteiger partial charge in [0.2, 0.25) is 0 Å². The Balaban J connectivity index is 1.78. The summed E-state index contributed by atoms with van der Waals surface area (Å²) in [5, 5.41) is 3.78. The molecule has 3 aromatic rings. The Hall–Kier alpha value is -3.45. The van der Waals surface area contributed by atoms with E-state index in [-0.39, 0.29) is 5.91 Å². The summed E-state index contributed by atoms with van der Waals surface area (Å²) < 4.78 is 16.0. The number of carbonyl (C=O) groups excluding carboxylic acids is 1. The Morgan fingerprint density at radius 2 is 1.73 bits per heavy atom. The van der Waals surface area contributed by atoms with Crippen LogP contribution in [0.1, 0.15) is 22.2 Å². The molecule has 30 heavy (non-hydrogen) atoms. The zero-order valence-electron chi connectivity index (χ0n) is 16.7. The predicted molar refractivity (Wildman–Crippen MR) is 115 cm³/mol. The molecule has 154 valence electrons. The number of pyridine rings is 1. The molecular weight excluding hydrogens is 406 g/mol. The average Bonchev–Trinajstić information content (AvgIpc) is 3.06. The predicted octanol–water partition coefficient (Wildman–Crippen LogP) is 4.53. The van der Waals surface area contributed by atoms with E-state index >= 15 is 0 Å². The van der Waals surface area contributed by atoms with Crippen LogP contribution in [-0.2, 0) is 0 Å². The molecule has 7 nitrogen and oxygen atoms in total. The molecule has 0 saturated heterocycles. The van der Waals surface area contributed by atoms with Crippen molar-refractivity contribution in [2.24, 2.45) is 0 Å². The number of benzene rings is 2. The van der Waals surface area contributed by atoms with Crippen LogP contribution in [-0.4, -0.2) is 32.2 Å². The normalized spacial score (nSPS) is 15.0. The van der Waals surface area contributed by atoms with Gasteiger partial charge in [0.1, 0.15) is 17.2 Å². The van der Waals surface area contributed by atoms with Gasteiger partial charge in [-0.25, -0.2) is 0 Å². The van der Waals surface area contributed by atoms with Gasteiger partial charge in [-0.15, -0.1) is 0 Å².